The summed E-state index contributed by atoms with van der Waals surface area (Å²) >= 11 is 0. The second kappa shape index (κ2) is 8.61. The molecule has 158 valence electrons. The molecule has 0 amide bonds. The van der Waals surface area contributed by atoms with Crippen LogP contribution < -0.4 is 15.1 Å². The quantitative estimate of drug-likeness (QED) is 0.484. The van der Waals surface area contributed by atoms with Crippen LogP contribution in [0.4, 0.5) is 11.4 Å². The molecular weight excluding hydrogens is 378 g/mol. The first-order valence-electron chi connectivity index (χ1n) is 10.1. The molecule has 6 nitrogen and oxygen atoms in total. The number of nitrogens with zero attached hydrogens (tertiary/aromatic N) is 2. The highest BCUT2D eigenvalue weighted by molar-refractivity contribution is 5.91. The molecule has 0 aromatic heterocycles. The number of carboxylic acids is 1. The molecule has 0 radical (unpaired) electrons. The van der Waals surface area contributed by atoms with E-state index in [0.717, 1.165) is 24.3 Å². The number of aromatic carboxylic acids is 1. The molecule has 2 aromatic rings. The van der Waals surface area contributed by atoms with Crippen molar-refractivity contribution in [3.05, 3.63) is 59.2 Å². The zero-order chi connectivity index (χ0) is 21.9. The number of benzene rings is 2. The maximum atomic E-state index is 11.0. The van der Waals surface area contributed by atoms with Gasteiger partial charge in [0.05, 0.1) is 30.1 Å². The van der Waals surface area contributed by atoms with Gasteiger partial charge in [0.25, 0.3) is 0 Å². The topological polar surface area (TPSA) is 74.2 Å². The van der Waals surface area contributed by atoms with Crippen molar-refractivity contribution in [2.75, 3.05) is 24.0 Å². The summed E-state index contributed by atoms with van der Waals surface area (Å²) in [6.45, 7) is 9.76. The van der Waals surface area contributed by atoms with Crippen molar-refractivity contribution in [2.45, 2.75) is 39.7 Å². The molecule has 0 atom stereocenters. The zero-order valence-corrected chi connectivity index (χ0v) is 18.2. The van der Waals surface area contributed by atoms with Crippen LogP contribution in [-0.2, 0) is 0 Å². The van der Waals surface area contributed by atoms with Crippen LogP contribution >= 0.6 is 0 Å². The summed E-state index contributed by atoms with van der Waals surface area (Å²) in [6, 6.07) is 10.6. The van der Waals surface area contributed by atoms with Crippen molar-refractivity contribution in [1.82, 2.24) is 0 Å². The van der Waals surface area contributed by atoms with E-state index in [9.17, 15) is 4.79 Å². The maximum Gasteiger partial charge on any atom is 0.335 e. The van der Waals surface area contributed by atoms with Gasteiger partial charge >= 0.3 is 5.97 Å². The van der Waals surface area contributed by atoms with E-state index >= 15 is 0 Å². The van der Waals surface area contributed by atoms with Crippen molar-refractivity contribution in [1.29, 1.82) is 0 Å². The summed E-state index contributed by atoms with van der Waals surface area (Å²) in [7, 11) is 1.66. The van der Waals surface area contributed by atoms with Gasteiger partial charge in [0.1, 0.15) is 5.75 Å². The third-order valence-corrected chi connectivity index (χ3v) is 5.31. The zero-order valence-electron chi connectivity index (χ0n) is 18.2. The van der Waals surface area contributed by atoms with Gasteiger partial charge in [-0.1, -0.05) is 13.0 Å². The first-order valence-corrected chi connectivity index (χ1v) is 10.1. The molecular formula is C24H29N3O3. The molecule has 1 aliphatic heterocycles. The number of hydrazone groups is 1. The van der Waals surface area contributed by atoms with Crippen molar-refractivity contribution >= 4 is 29.1 Å². The highest BCUT2D eigenvalue weighted by Gasteiger charge is 2.31. The van der Waals surface area contributed by atoms with Gasteiger partial charge < -0.3 is 14.7 Å². The Kier molecular flexibility index (Phi) is 6.15. The van der Waals surface area contributed by atoms with Gasteiger partial charge in [0.2, 0.25) is 0 Å². The molecule has 2 aromatic carbocycles. The van der Waals surface area contributed by atoms with Crippen LogP contribution in [0.5, 0.6) is 5.75 Å². The van der Waals surface area contributed by atoms with Gasteiger partial charge in [0.15, 0.2) is 0 Å². The number of allylic oxidation sites excluding steroid dienone is 1. The molecule has 1 aliphatic rings. The molecule has 6 heteroatoms. The van der Waals surface area contributed by atoms with Crippen molar-refractivity contribution in [2.24, 2.45) is 5.10 Å². The van der Waals surface area contributed by atoms with Crippen molar-refractivity contribution in [3.8, 4) is 5.75 Å². The Morgan fingerprint density at radius 2 is 1.97 bits per heavy atom. The number of ether oxygens (including phenoxy) is 1. The fraction of sp³-hybridized carbons (Fsp3) is 0.333. The fourth-order valence-corrected chi connectivity index (χ4v) is 3.89. The van der Waals surface area contributed by atoms with E-state index in [4.69, 9.17) is 9.84 Å². The Morgan fingerprint density at radius 3 is 2.57 bits per heavy atom. The number of hydrogen-bond acceptors (Lipinski definition) is 5. The number of carboxylic acid groups (broad SMARTS) is 1. The van der Waals surface area contributed by atoms with Crippen LogP contribution in [0.15, 0.2) is 47.6 Å². The summed E-state index contributed by atoms with van der Waals surface area (Å²) in [5.41, 5.74) is 8.28. The smallest absolute Gasteiger partial charge is 0.335 e. The van der Waals surface area contributed by atoms with Crippen LogP contribution in [0.25, 0.3) is 5.57 Å². The Labute approximate surface area is 177 Å². The Hall–Kier alpha value is -3.28. The number of anilines is 2. The van der Waals surface area contributed by atoms with E-state index in [1.165, 1.54) is 29.0 Å². The van der Waals surface area contributed by atoms with Crippen molar-refractivity contribution < 1.29 is 14.6 Å². The standard InChI is InChI=1S/C24H29N3O3/c1-6-11-27-21-13-22(30-5)18(12-20(21)16(2)14-24(27,3)4)15-25-26-19-9-7-17(8-10-19)23(28)29/h7-10,12-15,26H,6,11H2,1-5H3,(H,28,29)/b25-15+. The van der Waals surface area contributed by atoms with E-state index in [1.807, 2.05) is 0 Å². The summed E-state index contributed by atoms with van der Waals surface area (Å²) in [5, 5.41) is 13.3. The van der Waals surface area contributed by atoms with Gasteiger partial charge in [-0.25, -0.2) is 4.79 Å². The second-order valence-electron chi connectivity index (χ2n) is 8.00. The molecule has 0 aliphatic carbocycles. The molecule has 0 spiro atoms. The summed E-state index contributed by atoms with van der Waals surface area (Å²) < 4.78 is 5.66. The molecule has 0 saturated heterocycles. The lowest BCUT2D eigenvalue weighted by molar-refractivity contribution is 0.0697. The average molecular weight is 408 g/mol. The normalized spacial score (nSPS) is 15.0. The number of fused-ring (bicyclic) bond motifs is 1. The van der Waals surface area contributed by atoms with E-state index < -0.39 is 5.97 Å². The van der Waals surface area contributed by atoms with Crippen LogP contribution in [-0.4, -0.2) is 36.5 Å². The lowest BCUT2D eigenvalue weighted by Gasteiger charge is -2.43. The van der Waals surface area contributed by atoms with E-state index in [1.54, 1.807) is 25.5 Å². The summed E-state index contributed by atoms with van der Waals surface area (Å²) in [4.78, 5) is 13.4. The predicted molar refractivity (Wildman–Crippen MR) is 123 cm³/mol. The minimum Gasteiger partial charge on any atom is -0.496 e. The van der Waals surface area contributed by atoms with E-state index in [2.05, 4.69) is 61.3 Å². The average Bonchev–Trinajstić information content (AvgIpc) is 2.71. The molecule has 1 heterocycles. The van der Waals surface area contributed by atoms with Gasteiger partial charge in [-0.15, -0.1) is 0 Å². The number of carbonyl (C=O) groups is 1. The van der Waals surface area contributed by atoms with Crippen LogP contribution in [0.3, 0.4) is 0 Å². The van der Waals surface area contributed by atoms with E-state index in [0.29, 0.717) is 5.69 Å². The largest absolute Gasteiger partial charge is 0.496 e. The third kappa shape index (κ3) is 4.32. The molecule has 2 N–H and O–H groups in total. The van der Waals surface area contributed by atoms with Gasteiger partial charge in [-0.05, 0) is 63.1 Å². The first kappa shape index (κ1) is 21.4. The fourth-order valence-electron chi connectivity index (χ4n) is 3.89. The third-order valence-electron chi connectivity index (χ3n) is 5.31. The maximum absolute atomic E-state index is 11.0. The lowest BCUT2D eigenvalue weighted by atomic mass is 9.87. The number of methoxy groups -OCH3 is 1. The van der Waals surface area contributed by atoms with Crippen LogP contribution in [0.2, 0.25) is 0 Å². The van der Waals surface area contributed by atoms with Crippen molar-refractivity contribution in [3.63, 3.8) is 0 Å². The van der Waals surface area contributed by atoms with E-state index in [-0.39, 0.29) is 11.1 Å². The first-order chi connectivity index (χ1) is 14.3. The SMILES string of the molecule is CCCN1c2cc(OC)c(/C=N/Nc3ccc(C(=O)O)cc3)cc2C(C)=CC1(C)C. The molecule has 3 rings (SSSR count). The molecule has 0 fully saturated rings. The highest BCUT2D eigenvalue weighted by atomic mass is 16.5. The van der Waals surface area contributed by atoms with Gasteiger partial charge in [-0.2, -0.15) is 5.10 Å². The monoisotopic (exact) mass is 407 g/mol. The Balaban J connectivity index is 1.90. The number of rotatable bonds is 7. The predicted octanol–water partition coefficient (Wildman–Crippen LogP) is 5.25. The Morgan fingerprint density at radius 1 is 1.27 bits per heavy atom. The van der Waals surface area contributed by atoms with Gasteiger partial charge in [0, 0.05) is 29.4 Å². The van der Waals surface area contributed by atoms with Crippen LogP contribution in [0, 0.1) is 0 Å². The number of hydrogen-bond donors (Lipinski definition) is 2. The lowest BCUT2D eigenvalue weighted by Crippen LogP contribution is -2.45. The van der Waals surface area contributed by atoms with Crippen LogP contribution in [0.1, 0.15) is 55.6 Å². The minimum atomic E-state index is -0.951. The molecule has 30 heavy (non-hydrogen) atoms. The molecule has 0 saturated carbocycles. The number of nitrogens with one attached hydrogen (secondary N) is 1. The molecule has 0 unspecified atom stereocenters. The summed E-state index contributed by atoms with van der Waals surface area (Å²) in [6.07, 6.45) is 5.09. The molecule has 0 bridgehead atoms. The second-order valence-corrected chi connectivity index (χ2v) is 8.00. The Bertz CT molecular complexity index is 992. The summed E-state index contributed by atoms with van der Waals surface area (Å²) in [5.74, 6) is -0.195. The van der Waals surface area contributed by atoms with Gasteiger partial charge in [-0.3, -0.25) is 5.43 Å². The highest BCUT2D eigenvalue weighted by Crippen LogP contribution is 2.41. The minimum absolute atomic E-state index is 0.0582.